The number of hydrogen-bond donors (Lipinski definition) is 1. The van der Waals surface area contributed by atoms with Crippen LogP contribution in [0.5, 0.6) is 11.5 Å². The van der Waals surface area contributed by atoms with E-state index in [-0.39, 0.29) is 18.1 Å². The first-order valence-electron chi connectivity index (χ1n) is 9.63. The van der Waals surface area contributed by atoms with E-state index in [0.717, 1.165) is 5.69 Å². The van der Waals surface area contributed by atoms with Crippen LogP contribution in [0.15, 0.2) is 45.7 Å². The number of carbonyl (C=O) groups excluding carboxylic acids is 2. The number of anilines is 2. The molecule has 32 heavy (non-hydrogen) atoms. The molecule has 0 saturated heterocycles. The molecule has 3 heterocycles. The van der Waals surface area contributed by atoms with Gasteiger partial charge in [0.2, 0.25) is 6.79 Å². The standard InChI is InChI=1S/C20H17N3O7S2/c1-11(18(24)21-13-3-5-15-16(9-13)29-10-28-15)30-19(25)12-2-4-14-17(8-12)31-20-22-32(26,27)7-6-23(14)20/h2-5,8-9,11H,6-7,10H2,1H3,(H,21,24). The molecular formula is C20H17N3O7S2. The summed E-state index contributed by atoms with van der Waals surface area (Å²) in [6.07, 6.45) is -1.05. The molecule has 3 aliphatic rings. The Labute approximate surface area is 187 Å². The van der Waals surface area contributed by atoms with E-state index in [1.54, 1.807) is 41.3 Å². The second-order valence-electron chi connectivity index (χ2n) is 7.20. The Hall–Kier alpha value is -3.25. The van der Waals surface area contributed by atoms with Crippen molar-refractivity contribution in [3.8, 4) is 11.5 Å². The van der Waals surface area contributed by atoms with Gasteiger partial charge in [0.1, 0.15) is 0 Å². The van der Waals surface area contributed by atoms with Gasteiger partial charge in [-0.05, 0) is 49.0 Å². The molecule has 0 spiro atoms. The minimum Gasteiger partial charge on any atom is -0.454 e. The predicted octanol–water partition coefficient (Wildman–Crippen LogP) is 2.21. The molecule has 166 valence electrons. The van der Waals surface area contributed by atoms with Crippen molar-refractivity contribution < 1.29 is 32.2 Å². The molecule has 1 unspecified atom stereocenters. The molecule has 0 saturated carbocycles. The number of nitrogens with one attached hydrogen (secondary N) is 1. The van der Waals surface area contributed by atoms with Crippen molar-refractivity contribution in [2.24, 2.45) is 4.40 Å². The third kappa shape index (κ3) is 3.86. The second kappa shape index (κ2) is 7.71. The molecule has 5 rings (SSSR count). The minimum absolute atomic E-state index is 0.0592. The zero-order valence-corrected chi connectivity index (χ0v) is 18.4. The molecule has 1 amide bonds. The van der Waals surface area contributed by atoms with Gasteiger partial charge in [0.15, 0.2) is 22.8 Å². The first-order chi connectivity index (χ1) is 15.3. The Morgan fingerprint density at radius 3 is 2.84 bits per heavy atom. The highest BCUT2D eigenvalue weighted by molar-refractivity contribution is 8.15. The quantitative estimate of drug-likeness (QED) is 0.663. The first kappa shape index (κ1) is 20.6. The fourth-order valence-electron chi connectivity index (χ4n) is 3.36. The number of esters is 1. The maximum atomic E-state index is 12.6. The number of thioether (sulfide) groups is 1. The summed E-state index contributed by atoms with van der Waals surface area (Å²) in [6.45, 7) is 1.91. The van der Waals surface area contributed by atoms with Gasteiger partial charge in [-0.25, -0.2) is 13.2 Å². The number of rotatable bonds is 4. The van der Waals surface area contributed by atoms with Crippen LogP contribution < -0.4 is 19.7 Å². The summed E-state index contributed by atoms with van der Waals surface area (Å²) in [5.41, 5.74) is 1.53. The van der Waals surface area contributed by atoms with Crippen molar-refractivity contribution in [3.05, 3.63) is 42.0 Å². The summed E-state index contributed by atoms with van der Waals surface area (Å²) in [5.74, 6) is -0.102. The van der Waals surface area contributed by atoms with Crippen LogP contribution >= 0.6 is 11.8 Å². The summed E-state index contributed by atoms with van der Waals surface area (Å²) in [6, 6.07) is 9.88. The average molecular weight is 476 g/mol. The van der Waals surface area contributed by atoms with Crippen LogP contribution in [0.25, 0.3) is 0 Å². The Morgan fingerprint density at radius 2 is 2.00 bits per heavy atom. The third-order valence-corrected chi connectivity index (χ3v) is 7.31. The van der Waals surface area contributed by atoms with Gasteiger partial charge in [0, 0.05) is 23.2 Å². The fraction of sp³-hybridized carbons (Fsp3) is 0.250. The molecule has 2 aromatic carbocycles. The highest BCUT2D eigenvalue weighted by Crippen LogP contribution is 2.42. The Morgan fingerprint density at radius 1 is 1.19 bits per heavy atom. The monoisotopic (exact) mass is 475 g/mol. The molecule has 12 heteroatoms. The topological polar surface area (TPSA) is 124 Å². The number of amides is 1. The van der Waals surface area contributed by atoms with E-state index in [2.05, 4.69) is 9.71 Å². The van der Waals surface area contributed by atoms with Crippen molar-refractivity contribution in [3.63, 3.8) is 0 Å². The third-order valence-electron chi connectivity index (χ3n) is 5.00. The molecule has 1 N–H and O–H groups in total. The highest BCUT2D eigenvalue weighted by atomic mass is 32.2. The van der Waals surface area contributed by atoms with Gasteiger partial charge in [-0.1, -0.05) is 0 Å². The van der Waals surface area contributed by atoms with E-state index in [1.807, 2.05) is 0 Å². The van der Waals surface area contributed by atoms with Gasteiger partial charge in [-0.2, -0.15) is 0 Å². The number of nitrogens with zero attached hydrogens (tertiary/aromatic N) is 2. The normalized spacial score (nSPS) is 18.3. The minimum atomic E-state index is -3.46. The number of carbonyl (C=O) groups is 2. The molecule has 0 radical (unpaired) electrons. The molecule has 0 aromatic heterocycles. The summed E-state index contributed by atoms with van der Waals surface area (Å²) in [7, 11) is -3.46. The van der Waals surface area contributed by atoms with Gasteiger partial charge >= 0.3 is 5.97 Å². The van der Waals surface area contributed by atoms with Crippen LogP contribution in [0.2, 0.25) is 0 Å². The number of benzene rings is 2. The van der Waals surface area contributed by atoms with E-state index in [1.165, 1.54) is 18.7 Å². The second-order valence-corrected chi connectivity index (χ2v) is 9.96. The van der Waals surface area contributed by atoms with Crippen molar-refractivity contribution in [1.82, 2.24) is 0 Å². The lowest BCUT2D eigenvalue weighted by Gasteiger charge is -2.22. The molecular weight excluding hydrogens is 458 g/mol. The van der Waals surface area contributed by atoms with E-state index in [4.69, 9.17) is 14.2 Å². The summed E-state index contributed by atoms with van der Waals surface area (Å²) in [5, 5.41) is 3.04. The zero-order chi connectivity index (χ0) is 22.5. The Bertz CT molecular complexity index is 1280. The highest BCUT2D eigenvalue weighted by Gasteiger charge is 2.33. The summed E-state index contributed by atoms with van der Waals surface area (Å²) >= 11 is 1.18. The summed E-state index contributed by atoms with van der Waals surface area (Å²) < 4.78 is 43.1. The lowest BCUT2D eigenvalue weighted by atomic mass is 10.2. The Kier molecular flexibility index (Phi) is 4.97. The van der Waals surface area contributed by atoms with Crippen LogP contribution in [-0.2, 0) is 19.6 Å². The molecule has 10 nitrogen and oxygen atoms in total. The van der Waals surface area contributed by atoms with Crippen molar-refractivity contribution in [2.45, 2.75) is 17.9 Å². The average Bonchev–Trinajstić information content (AvgIpc) is 3.35. The van der Waals surface area contributed by atoms with E-state index in [9.17, 15) is 18.0 Å². The number of sulfonamides is 1. The largest absolute Gasteiger partial charge is 0.454 e. The maximum Gasteiger partial charge on any atom is 0.338 e. The van der Waals surface area contributed by atoms with Crippen molar-refractivity contribution >= 4 is 50.2 Å². The number of ether oxygens (including phenoxy) is 3. The van der Waals surface area contributed by atoms with E-state index >= 15 is 0 Å². The van der Waals surface area contributed by atoms with Gasteiger partial charge in [0.25, 0.3) is 15.9 Å². The van der Waals surface area contributed by atoms with Gasteiger partial charge < -0.3 is 24.4 Å². The van der Waals surface area contributed by atoms with Crippen LogP contribution in [0.3, 0.4) is 0 Å². The van der Waals surface area contributed by atoms with E-state index < -0.39 is 28.0 Å². The van der Waals surface area contributed by atoms with Crippen molar-refractivity contribution in [2.75, 3.05) is 29.3 Å². The smallest absolute Gasteiger partial charge is 0.338 e. The van der Waals surface area contributed by atoms with Gasteiger partial charge in [0.05, 0.1) is 17.0 Å². The summed E-state index contributed by atoms with van der Waals surface area (Å²) in [4.78, 5) is 27.6. The number of fused-ring (bicyclic) bond motifs is 4. The number of hydrogen-bond acceptors (Lipinski definition) is 9. The maximum absolute atomic E-state index is 12.6. The molecule has 0 aliphatic carbocycles. The molecule has 3 aliphatic heterocycles. The van der Waals surface area contributed by atoms with Crippen molar-refractivity contribution in [1.29, 1.82) is 0 Å². The van der Waals surface area contributed by atoms with Crippen LogP contribution in [0.4, 0.5) is 11.4 Å². The number of amidine groups is 1. The van der Waals surface area contributed by atoms with Crippen LogP contribution in [-0.4, -0.2) is 50.7 Å². The lowest BCUT2D eigenvalue weighted by molar-refractivity contribution is -0.123. The fourth-order valence-corrected chi connectivity index (χ4v) is 5.65. The van der Waals surface area contributed by atoms with E-state index in [0.29, 0.717) is 33.8 Å². The van der Waals surface area contributed by atoms with Crippen LogP contribution in [0, 0.1) is 0 Å². The predicted molar refractivity (Wildman–Crippen MR) is 117 cm³/mol. The van der Waals surface area contributed by atoms with Gasteiger partial charge in [-0.3, -0.25) is 4.79 Å². The van der Waals surface area contributed by atoms with Gasteiger partial charge in [-0.15, -0.1) is 4.40 Å². The zero-order valence-electron chi connectivity index (χ0n) is 16.7. The SMILES string of the molecule is CC(OC(=O)c1ccc2c(c1)SC1=NS(=O)(=O)CCN12)C(=O)Nc1ccc2c(c1)OCO2. The Balaban J connectivity index is 1.25. The lowest BCUT2D eigenvalue weighted by Crippen LogP contribution is -2.35. The molecule has 2 aromatic rings. The first-order valence-corrected chi connectivity index (χ1v) is 12.1. The molecule has 0 bridgehead atoms. The van der Waals surface area contributed by atoms with Crippen LogP contribution in [0.1, 0.15) is 17.3 Å². The molecule has 1 atom stereocenters. The molecule has 0 fully saturated rings.